The van der Waals surface area contributed by atoms with E-state index in [1.807, 2.05) is 6.07 Å². The van der Waals surface area contributed by atoms with Crippen molar-refractivity contribution in [2.24, 2.45) is 0 Å². The van der Waals surface area contributed by atoms with Crippen LogP contribution in [-0.2, 0) is 9.53 Å². The van der Waals surface area contributed by atoms with Crippen LogP contribution >= 0.6 is 0 Å². The maximum Gasteiger partial charge on any atom is 0.367 e. The quantitative estimate of drug-likeness (QED) is 0.561. The lowest BCUT2D eigenvalue weighted by atomic mass is 10.2. The van der Waals surface area contributed by atoms with Gasteiger partial charge in [0, 0.05) is 0 Å². The molecule has 0 amide bonds. The zero-order valence-electron chi connectivity index (χ0n) is 8.15. The minimum atomic E-state index is -0.860. The van der Waals surface area contributed by atoms with Crippen molar-refractivity contribution in [3.63, 3.8) is 0 Å². The van der Waals surface area contributed by atoms with Gasteiger partial charge in [0.15, 0.2) is 0 Å². The van der Waals surface area contributed by atoms with Gasteiger partial charge in [-0.2, -0.15) is 4.39 Å². The smallest absolute Gasteiger partial charge is 0.367 e. The van der Waals surface area contributed by atoms with E-state index in [2.05, 4.69) is 0 Å². The van der Waals surface area contributed by atoms with E-state index in [0.717, 1.165) is 12.8 Å². The van der Waals surface area contributed by atoms with Crippen LogP contribution in [0.15, 0.2) is 36.2 Å². The van der Waals surface area contributed by atoms with Crippen LogP contribution in [0.2, 0.25) is 0 Å². The van der Waals surface area contributed by atoms with Crippen LogP contribution in [0.25, 0.3) is 6.08 Å². The van der Waals surface area contributed by atoms with E-state index in [1.54, 1.807) is 24.3 Å². The number of carbonyl (C=O) groups is 1. The van der Waals surface area contributed by atoms with Crippen LogP contribution in [0.5, 0.6) is 0 Å². The molecule has 0 unspecified atom stereocenters. The Morgan fingerprint density at radius 1 is 1.33 bits per heavy atom. The highest BCUT2D eigenvalue weighted by atomic mass is 19.1. The summed E-state index contributed by atoms with van der Waals surface area (Å²) in [6, 6.07) is 8.85. The van der Waals surface area contributed by atoms with Crippen molar-refractivity contribution in [2.45, 2.75) is 18.9 Å². The van der Waals surface area contributed by atoms with Gasteiger partial charge in [-0.1, -0.05) is 30.3 Å². The van der Waals surface area contributed by atoms with Gasteiger partial charge in [-0.3, -0.25) is 0 Å². The summed E-state index contributed by atoms with van der Waals surface area (Å²) in [5, 5.41) is 0. The molecule has 1 fully saturated rings. The van der Waals surface area contributed by atoms with Gasteiger partial charge in [-0.15, -0.1) is 0 Å². The highest BCUT2D eigenvalue weighted by Crippen LogP contribution is 2.25. The van der Waals surface area contributed by atoms with Crippen LogP contribution in [0.1, 0.15) is 18.4 Å². The molecule has 78 valence electrons. The van der Waals surface area contributed by atoms with Crippen LogP contribution in [0.4, 0.5) is 4.39 Å². The Labute approximate surface area is 87.4 Å². The summed E-state index contributed by atoms with van der Waals surface area (Å²) in [5.41, 5.74) is 0.655. The van der Waals surface area contributed by atoms with Crippen LogP contribution in [0.3, 0.4) is 0 Å². The Balaban J connectivity index is 2.02. The molecule has 0 radical (unpaired) electrons. The molecule has 0 atom stereocenters. The second-order valence-electron chi connectivity index (χ2n) is 3.51. The van der Waals surface area contributed by atoms with Gasteiger partial charge in [0.1, 0.15) is 6.10 Å². The SMILES string of the molecule is O=C(OC1CC1)C(F)=Cc1ccccc1. The van der Waals surface area contributed by atoms with Crippen molar-refractivity contribution in [3.05, 3.63) is 41.7 Å². The van der Waals surface area contributed by atoms with Crippen molar-refractivity contribution in [1.82, 2.24) is 0 Å². The fourth-order valence-electron chi connectivity index (χ4n) is 1.15. The highest BCUT2D eigenvalue weighted by Gasteiger charge is 2.27. The Morgan fingerprint density at radius 2 is 2.00 bits per heavy atom. The van der Waals surface area contributed by atoms with E-state index in [-0.39, 0.29) is 6.10 Å². The summed E-state index contributed by atoms with van der Waals surface area (Å²) in [5.74, 6) is -1.70. The molecule has 3 heteroatoms. The molecule has 2 nitrogen and oxygen atoms in total. The number of benzene rings is 1. The Morgan fingerprint density at radius 3 is 2.60 bits per heavy atom. The third-order valence-electron chi connectivity index (χ3n) is 2.09. The fraction of sp³-hybridized carbons (Fsp3) is 0.250. The summed E-state index contributed by atoms with van der Waals surface area (Å²) in [7, 11) is 0. The molecule has 1 aliphatic rings. The summed E-state index contributed by atoms with van der Waals surface area (Å²) in [4.78, 5) is 11.1. The van der Waals surface area contributed by atoms with E-state index in [4.69, 9.17) is 4.74 Å². The lowest BCUT2D eigenvalue weighted by molar-refractivity contribution is -0.141. The number of halogens is 1. The number of hydrogen-bond acceptors (Lipinski definition) is 2. The van der Waals surface area contributed by atoms with E-state index in [9.17, 15) is 9.18 Å². The van der Waals surface area contributed by atoms with Crippen molar-refractivity contribution in [1.29, 1.82) is 0 Å². The lowest BCUT2D eigenvalue weighted by Crippen LogP contribution is -2.06. The Hall–Kier alpha value is -1.64. The molecule has 1 aromatic rings. The van der Waals surface area contributed by atoms with Gasteiger partial charge in [0.05, 0.1) is 0 Å². The average molecular weight is 206 g/mol. The summed E-state index contributed by atoms with van der Waals surface area (Å²) < 4.78 is 18.1. The number of esters is 1. The minimum absolute atomic E-state index is 0.0626. The first-order valence-electron chi connectivity index (χ1n) is 4.89. The Kier molecular flexibility index (Phi) is 2.81. The first kappa shape index (κ1) is 9.90. The number of rotatable bonds is 3. The third kappa shape index (κ3) is 2.91. The number of carbonyl (C=O) groups excluding carboxylic acids is 1. The summed E-state index contributed by atoms with van der Waals surface area (Å²) in [6.07, 6.45) is 2.83. The van der Waals surface area contributed by atoms with Gasteiger partial charge < -0.3 is 4.74 Å². The summed E-state index contributed by atoms with van der Waals surface area (Å²) >= 11 is 0. The van der Waals surface area contributed by atoms with E-state index < -0.39 is 11.8 Å². The second-order valence-corrected chi connectivity index (χ2v) is 3.51. The third-order valence-corrected chi connectivity index (χ3v) is 2.09. The van der Waals surface area contributed by atoms with E-state index in [1.165, 1.54) is 6.08 Å². The molecule has 0 aliphatic heterocycles. The predicted molar refractivity (Wildman–Crippen MR) is 54.6 cm³/mol. The highest BCUT2D eigenvalue weighted by molar-refractivity contribution is 5.91. The fourth-order valence-corrected chi connectivity index (χ4v) is 1.15. The molecule has 1 aromatic carbocycles. The normalized spacial score (nSPS) is 16.2. The molecule has 1 aliphatic carbocycles. The number of ether oxygens (including phenoxy) is 1. The van der Waals surface area contributed by atoms with Crippen molar-refractivity contribution in [3.8, 4) is 0 Å². The zero-order chi connectivity index (χ0) is 10.7. The van der Waals surface area contributed by atoms with E-state index in [0.29, 0.717) is 5.56 Å². The lowest BCUT2D eigenvalue weighted by Gasteiger charge is -1.99. The standard InChI is InChI=1S/C12H11FO2/c13-11(12(14)15-10-6-7-10)8-9-4-2-1-3-5-9/h1-5,8,10H,6-7H2. The van der Waals surface area contributed by atoms with Crippen molar-refractivity contribution >= 4 is 12.0 Å². The topological polar surface area (TPSA) is 26.3 Å². The minimum Gasteiger partial charge on any atom is -0.457 e. The molecule has 1 saturated carbocycles. The first-order chi connectivity index (χ1) is 7.25. The molecule has 15 heavy (non-hydrogen) atoms. The van der Waals surface area contributed by atoms with Gasteiger partial charge in [0.2, 0.25) is 5.83 Å². The number of hydrogen-bond donors (Lipinski definition) is 0. The van der Waals surface area contributed by atoms with Crippen molar-refractivity contribution < 1.29 is 13.9 Å². The molecule has 2 rings (SSSR count). The molecule has 0 heterocycles. The van der Waals surface area contributed by atoms with Crippen LogP contribution < -0.4 is 0 Å². The van der Waals surface area contributed by atoms with Crippen molar-refractivity contribution in [2.75, 3.05) is 0 Å². The second kappa shape index (κ2) is 4.26. The summed E-state index contributed by atoms with van der Waals surface area (Å²) in [6.45, 7) is 0. The first-order valence-corrected chi connectivity index (χ1v) is 4.89. The van der Waals surface area contributed by atoms with Gasteiger partial charge >= 0.3 is 5.97 Å². The predicted octanol–water partition coefficient (Wildman–Crippen LogP) is 2.70. The van der Waals surface area contributed by atoms with Gasteiger partial charge in [-0.25, -0.2) is 4.79 Å². The average Bonchev–Trinajstić information content (AvgIpc) is 3.03. The van der Waals surface area contributed by atoms with E-state index >= 15 is 0 Å². The maximum absolute atomic E-state index is 13.3. The maximum atomic E-state index is 13.3. The van der Waals surface area contributed by atoms with Crippen LogP contribution in [-0.4, -0.2) is 12.1 Å². The van der Waals surface area contributed by atoms with Gasteiger partial charge in [-0.05, 0) is 24.5 Å². The molecule has 0 spiro atoms. The molecular formula is C12H11FO2. The molecular weight excluding hydrogens is 195 g/mol. The Bertz CT molecular complexity index is 380. The zero-order valence-corrected chi connectivity index (χ0v) is 8.15. The monoisotopic (exact) mass is 206 g/mol. The van der Waals surface area contributed by atoms with Gasteiger partial charge in [0.25, 0.3) is 0 Å². The van der Waals surface area contributed by atoms with Crippen LogP contribution in [0, 0.1) is 0 Å². The molecule has 0 aromatic heterocycles. The molecule has 0 bridgehead atoms. The largest absolute Gasteiger partial charge is 0.457 e. The molecule has 0 saturated heterocycles. The molecule has 0 N–H and O–H groups in total.